The molecule has 0 aliphatic rings. The molecule has 6 nitrogen and oxygen atoms in total. The number of benzene rings is 2. The Morgan fingerprint density at radius 2 is 1.72 bits per heavy atom. The van der Waals surface area contributed by atoms with E-state index in [9.17, 15) is 14.7 Å². The summed E-state index contributed by atoms with van der Waals surface area (Å²) in [7, 11) is 0. The average Bonchev–Trinajstić information content (AvgIpc) is 2.66. The van der Waals surface area contributed by atoms with Crippen LogP contribution in [0.3, 0.4) is 0 Å². The van der Waals surface area contributed by atoms with Gasteiger partial charge in [0.2, 0.25) is 9.70 Å². The first-order valence-electron chi connectivity index (χ1n) is 8.14. The van der Waals surface area contributed by atoms with Crippen molar-refractivity contribution < 1.29 is 14.7 Å². The van der Waals surface area contributed by atoms with Crippen molar-refractivity contribution in [1.82, 2.24) is 10.6 Å². The van der Waals surface area contributed by atoms with E-state index in [-0.39, 0.29) is 10.7 Å². The number of carbonyl (C=O) groups is 2. The van der Waals surface area contributed by atoms with Gasteiger partial charge in [-0.2, -0.15) is 0 Å². The van der Waals surface area contributed by atoms with Crippen LogP contribution in [-0.2, 0) is 4.79 Å². The molecule has 0 aromatic heterocycles. The summed E-state index contributed by atoms with van der Waals surface area (Å²) in [4.78, 5) is 23.1. The third kappa shape index (κ3) is 7.91. The summed E-state index contributed by atoms with van der Waals surface area (Å²) < 4.78 is -1.92. The van der Waals surface area contributed by atoms with Crippen molar-refractivity contribution in [3.05, 3.63) is 71.8 Å². The second kappa shape index (κ2) is 10.5. The molecule has 0 fully saturated rings. The number of thiocarbonyl (C=S) groups is 1. The number of amides is 1. The van der Waals surface area contributed by atoms with E-state index in [1.807, 2.05) is 30.3 Å². The van der Waals surface area contributed by atoms with Gasteiger partial charge < -0.3 is 25.9 Å². The molecule has 0 spiro atoms. The first-order chi connectivity index (χ1) is 13.6. The van der Waals surface area contributed by atoms with Gasteiger partial charge >= 0.3 is 0 Å². The number of carboxylic acids is 1. The van der Waals surface area contributed by atoms with Gasteiger partial charge in [0.15, 0.2) is 5.11 Å². The Labute approximate surface area is 187 Å². The van der Waals surface area contributed by atoms with E-state index in [1.165, 1.54) is 24.3 Å². The van der Waals surface area contributed by atoms with Gasteiger partial charge in [0.1, 0.15) is 6.17 Å². The summed E-state index contributed by atoms with van der Waals surface area (Å²) in [5.74, 6) is -1.84. The largest absolute Gasteiger partial charge is 0.545 e. The number of carbonyl (C=O) groups excluding carboxylic acids is 2. The minimum Gasteiger partial charge on any atom is -0.545 e. The Kier molecular flexibility index (Phi) is 8.28. The van der Waals surface area contributed by atoms with Crippen LogP contribution in [0.5, 0.6) is 0 Å². The highest BCUT2D eigenvalue weighted by molar-refractivity contribution is 7.80. The normalized spacial score (nSPS) is 12.2. The Morgan fingerprint density at radius 3 is 2.34 bits per heavy atom. The molecule has 152 valence electrons. The van der Waals surface area contributed by atoms with Gasteiger partial charge in [-0.25, -0.2) is 0 Å². The number of aromatic carboxylic acids is 1. The molecule has 2 aromatic carbocycles. The van der Waals surface area contributed by atoms with Crippen LogP contribution < -0.4 is 21.1 Å². The lowest BCUT2D eigenvalue weighted by atomic mass is 10.2. The van der Waals surface area contributed by atoms with E-state index in [0.29, 0.717) is 5.69 Å². The Bertz CT molecular complexity index is 918. The number of carboxylic acid groups (broad SMARTS) is 1. The Hall–Kier alpha value is -2.32. The molecule has 0 unspecified atom stereocenters. The van der Waals surface area contributed by atoms with E-state index in [0.717, 1.165) is 5.56 Å². The average molecular weight is 472 g/mol. The third-order valence-electron chi connectivity index (χ3n) is 3.47. The van der Waals surface area contributed by atoms with E-state index in [2.05, 4.69) is 16.0 Å². The number of halogens is 3. The lowest BCUT2D eigenvalue weighted by molar-refractivity contribution is -0.255. The SMILES string of the molecule is O=C(/C=C/c1ccccc1)N[C@H](NC(=S)Nc1cccc(C(=O)[O-])c1)C(Cl)(Cl)Cl. The van der Waals surface area contributed by atoms with Crippen LogP contribution in [0.4, 0.5) is 5.69 Å². The van der Waals surface area contributed by atoms with Crippen molar-refractivity contribution in [2.45, 2.75) is 9.96 Å². The van der Waals surface area contributed by atoms with Gasteiger partial charge in [0.05, 0.1) is 5.97 Å². The smallest absolute Gasteiger partial charge is 0.245 e. The van der Waals surface area contributed by atoms with E-state index >= 15 is 0 Å². The highest BCUT2D eigenvalue weighted by atomic mass is 35.6. The van der Waals surface area contributed by atoms with Crippen LogP contribution in [0, 0.1) is 0 Å². The molecular weight excluding hydrogens is 457 g/mol. The summed E-state index contributed by atoms with van der Waals surface area (Å²) in [5, 5.41) is 18.9. The first kappa shape index (κ1) is 23.0. The summed E-state index contributed by atoms with van der Waals surface area (Å²) >= 11 is 22.9. The molecule has 0 aliphatic carbocycles. The van der Waals surface area contributed by atoms with Crippen LogP contribution in [-0.4, -0.2) is 26.9 Å². The maximum absolute atomic E-state index is 12.2. The van der Waals surface area contributed by atoms with E-state index in [1.54, 1.807) is 12.1 Å². The Morgan fingerprint density at radius 1 is 1.03 bits per heavy atom. The molecule has 0 radical (unpaired) electrons. The highest BCUT2D eigenvalue weighted by Gasteiger charge is 2.34. The molecule has 0 aliphatic heterocycles. The zero-order valence-corrected chi connectivity index (χ0v) is 17.8. The fourth-order valence-electron chi connectivity index (χ4n) is 2.15. The maximum Gasteiger partial charge on any atom is 0.245 e. The molecule has 10 heteroatoms. The van der Waals surface area contributed by atoms with Crippen molar-refractivity contribution >= 4 is 75.8 Å². The fourth-order valence-corrected chi connectivity index (χ4v) is 2.71. The second-order valence-corrected chi connectivity index (χ2v) is 8.47. The lowest BCUT2D eigenvalue weighted by Crippen LogP contribution is -2.55. The van der Waals surface area contributed by atoms with Crippen LogP contribution in [0.2, 0.25) is 0 Å². The summed E-state index contributed by atoms with van der Waals surface area (Å²) in [6.45, 7) is 0. The zero-order chi connectivity index (χ0) is 21.4. The van der Waals surface area contributed by atoms with Crippen LogP contribution in [0.25, 0.3) is 6.08 Å². The van der Waals surface area contributed by atoms with Crippen LogP contribution >= 0.6 is 47.0 Å². The maximum atomic E-state index is 12.2. The second-order valence-electron chi connectivity index (χ2n) is 5.69. The molecule has 0 saturated carbocycles. The Balaban J connectivity index is 2.02. The fraction of sp³-hybridized carbons (Fsp3) is 0.105. The van der Waals surface area contributed by atoms with Gasteiger partial charge in [-0.15, -0.1) is 0 Å². The predicted molar refractivity (Wildman–Crippen MR) is 118 cm³/mol. The van der Waals surface area contributed by atoms with Crippen LogP contribution in [0.15, 0.2) is 60.7 Å². The zero-order valence-electron chi connectivity index (χ0n) is 14.7. The number of alkyl halides is 3. The quantitative estimate of drug-likeness (QED) is 0.260. The van der Waals surface area contributed by atoms with Gasteiger partial charge in [0.25, 0.3) is 0 Å². The van der Waals surface area contributed by atoms with Crippen molar-refractivity contribution in [1.29, 1.82) is 0 Å². The molecule has 2 rings (SSSR count). The molecular formula is C19H15Cl3N3O3S-. The number of nitrogens with one attached hydrogen (secondary N) is 3. The molecule has 29 heavy (non-hydrogen) atoms. The minimum absolute atomic E-state index is 0.00385. The van der Waals surface area contributed by atoms with Crippen LogP contribution in [0.1, 0.15) is 15.9 Å². The first-order valence-corrected chi connectivity index (χ1v) is 9.68. The minimum atomic E-state index is -1.92. The molecule has 1 amide bonds. The summed E-state index contributed by atoms with van der Waals surface area (Å²) in [6.07, 6.45) is 1.73. The van der Waals surface area contributed by atoms with Gasteiger partial charge in [-0.1, -0.05) is 77.3 Å². The molecule has 0 bridgehead atoms. The van der Waals surface area contributed by atoms with Gasteiger partial charge in [0, 0.05) is 11.8 Å². The van der Waals surface area contributed by atoms with E-state index in [4.69, 9.17) is 47.0 Å². The van der Waals surface area contributed by atoms with Gasteiger partial charge in [-0.05, 0) is 41.6 Å². The summed E-state index contributed by atoms with van der Waals surface area (Å²) in [6, 6.07) is 15.0. The molecule has 3 N–H and O–H groups in total. The van der Waals surface area contributed by atoms with Gasteiger partial charge in [-0.3, -0.25) is 4.79 Å². The lowest BCUT2D eigenvalue weighted by Gasteiger charge is -2.27. The molecule has 2 aromatic rings. The number of hydrogen-bond acceptors (Lipinski definition) is 4. The molecule has 1 atom stereocenters. The van der Waals surface area contributed by atoms with Crippen molar-refractivity contribution in [2.75, 3.05) is 5.32 Å². The number of anilines is 1. The molecule has 0 saturated heterocycles. The van der Waals surface area contributed by atoms with Crippen molar-refractivity contribution in [2.24, 2.45) is 0 Å². The predicted octanol–water partition coefficient (Wildman–Crippen LogP) is 2.86. The monoisotopic (exact) mass is 470 g/mol. The number of hydrogen-bond donors (Lipinski definition) is 3. The van der Waals surface area contributed by atoms with Crippen molar-refractivity contribution in [3.63, 3.8) is 0 Å². The standard InChI is InChI=1S/C19H16Cl3N3O3S/c20-19(21,22)17(24-15(26)10-9-12-5-2-1-3-6-12)25-18(29)23-14-8-4-7-13(11-14)16(27)28/h1-11,17H,(H,24,26)(H,27,28)(H2,23,25,29)/p-1/b10-9+/t17-/m1/s1. The topological polar surface area (TPSA) is 93.3 Å². The number of rotatable bonds is 6. The van der Waals surface area contributed by atoms with E-state index < -0.39 is 21.8 Å². The van der Waals surface area contributed by atoms with Crippen molar-refractivity contribution in [3.8, 4) is 0 Å². The summed E-state index contributed by atoms with van der Waals surface area (Å²) in [5.41, 5.74) is 1.17. The third-order valence-corrected chi connectivity index (χ3v) is 4.35. The highest BCUT2D eigenvalue weighted by Crippen LogP contribution is 2.29. The molecule has 0 heterocycles.